The highest BCUT2D eigenvalue weighted by atomic mass is 16.3. The second-order valence-corrected chi connectivity index (χ2v) is 3.54. The lowest BCUT2D eigenvalue weighted by Gasteiger charge is -2.03. The molecule has 0 saturated heterocycles. The van der Waals surface area contributed by atoms with Gasteiger partial charge in [0.05, 0.1) is 12.1 Å². The monoisotopic (exact) mass is 215 g/mol. The molecule has 3 rings (SSSR count). The molecule has 0 aliphatic carbocycles. The van der Waals surface area contributed by atoms with E-state index in [9.17, 15) is 0 Å². The summed E-state index contributed by atoms with van der Waals surface area (Å²) in [5.41, 5.74) is 7.16. The lowest BCUT2D eigenvalue weighted by atomic mass is 10.2. The second-order valence-electron chi connectivity index (χ2n) is 3.54. The lowest BCUT2D eigenvalue weighted by molar-refractivity contribution is 0.546. The van der Waals surface area contributed by atoms with Crippen LogP contribution in [-0.2, 0) is 6.54 Å². The molecular formula is C10H9N5O. The van der Waals surface area contributed by atoms with Crippen molar-refractivity contribution in [2.45, 2.75) is 13.5 Å². The van der Waals surface area contributed by atoms with Crippen LogP contribution < -0.4 is 5.73 Å². The van der Waals surface area contributed by atoms with Crippen LogP contribution in [-0.4, -0.2) is 9.97 Å². The van der Waals surface area contributed by atoms with Crippen molar-refractivity contribution in [1.82, 2.24) is 9.97 Å². The Balaban J connectivity index is 2.22. The zero-order chi connectivity index (χ0) is 11.1. The zero-order valence-electron chi connectivity index (χ0n) is 8.64. The number of aromatic nitrogens is 2. The maximum Gasteiger partial charge on any atom is 0.222 e. The quantitative estimate of drug-likeness (QED) is 0.789. The molecule has 16 heavy (non-hydrogen) atoms. The minimum absolute atomic E-state index is 0.184. The molecule has 0 aromatic carbocycles. The van der Waals surface area contributed by atoms with Gasteiger partial charge in [0, 0.05) is 0 Å². The molecule has 1 aliphatic rings. The van der Waals surface area contributed by atoms with Gasteiger partial charge in [-0.3, -0.25) is 0 Å². The van der Waals surface area contributed by atoms with Gasteiger partial charge in [0.15, 0.2) is 11.6 Å². The summed E-state index contributed by atoms with van der Waals surface area (Å²) in [6.07, 6.45) is 0. The van der Waals surface area contributed by atoms with Gasteiger partial charge in [-0.15, -0.1) is 5.11 Å². The van der Waals surface area contributed by atoms with Gasteiger partial charge in [-0.2, -0.15) is 10.1 Å². The molecule has 3 heterocycles. The van der Waals surface area contributed by atoms with Crippen molar-refractivity contribution in [2.24, 2.45) is 10.2 Å². The predicted octanol–water partition coefficient (Wildman–Crippen LogP) is 2.22. The fraction of sp³-hybridized carbons (Fsp3) is 0.200. The third-order valence-corrected chi connectivity index (χ3v) is 2.37. The largest absolute Gasteiger partial charge is 0.460 e. The number of anilines is 1. The third kappa shape index (κ3) is 1.27. The maximum atomic E-state index is 5.61. The van der Waals surface area contributed by atoms with Crippen molar-refractivity contribution in [3.63, 3.8) is 0 Å². The van der Waals surface area contributed by atoms with Crippen LogP contribution >= 0.6 is 0 Å². The predicted molar refractivity (Wildman–Crippen MR) is 57.1 cm³/mol. The Morgan fingerprint density at radius 1 is 1.31 bits per heavy atom. The van der Waals surface area contributed by atoms with E-state index in [-0.39, 0.29) is 5.95 Å². The summed E-state index contributed by atoms with van der Waals surface area (Å²) in [5, 5.41) is 7.82. The standard InChI is InChI=1S/C10H9N5O/c1-5-2-3-7(16-5)8-6-4-12-15-9(6)14-10(11)13-8/h2-3H,4H2,1H3,(H2,11,13,14). The molecule has 0 spiro atoms. The minimum Gasteiger partial charge on any atom is -0.460 e. The molecule has 2 N–H and O–H groups in total. The molecule has 80 valence electrons. The molecule has 0 bridgehead atoms. The van der Waals surface area contributed by atoms with Crippen LogP contribution in [0.2, 0.25) is 0 Å². The number of rotatable bonds is 1. The minimum atomic E-state index is 0.184. The molecular weight excluding hydrogens is 206 g/mol. The van der Waals surface area contributed by atoms with Crippen molar-refractivity contribution in [3.05, 3.63) is 23.5 Å². The fourth-order valence-corrected chi connectivity index (χ4v) is 1.66. The summed E-state index contributed by atoms with van der Waals surface area (Å²) >= 11 is 0. The number of nitrogen functional groups attached to an aromatic ring is 1. The van der Waals surface area contributed by atoms with Crippen molar-refractivity contribution in [3.8, 4) is 11.5 Å². The summed E-state index contributed by atoms with van der Waals surface area (Å²) in [7, 11) is 0. The van der Waals surface area contributed by atoms with E-state index >= 15 is 0 Å². The van der Waals surface area contributed by atoms with E-state index in [0.29, 0.717) is 23.8 Å². The second kappa shape index (κ2) is 3.13. The zero-order valence-corrected chi connectivity index (χ0v) is 8.64. The van der Waals surface area contributed by atoms with Gasteiger partial charge in [0.1, 0.15) is 11.5 Å². The Labute approximate surface area is 91.2 Å². The molecule has 0 atom stereocenters. The molecule has 6 nitrogen and oxygen atoms in total. The normalized spacial score (nSPS) is 13.1. The summed E-state index contributed by atoms with van der Waals surface area (Å²) in [4.78, 5) is 8.19. The molecule has 0 amide bonds. The van der Waals surface area contributed by atoms with Gasteiger partial charge < -0.3 is 10.2 Å². The Kier molecular flexibility index (Phi) is 1.76. The van der Waals surface area contributed by atoms with Crippen LogP contribution in [0.25, 0.3) is 11.5 Å². The van der Waals surface area contributed by atoms with Gasteiger partial charge in [0.25, 0.3) is 0 Å². The third-order valence-electron chi connectivity index (χ3n) is 2.37. The van der Waals surface area contributed by atoms with Crippen molar-refractivity contribution >= 4 is 11.8 Å². The Morgan fingerprint density at radius 2 is 2.19 bits per heavy atom. The number of hydrogen-bond donors (Lipinski definition) is 1. The number of furan rings is 1. The Bertz CT molecular complexity index is 587. The van der Waals surface area contributed by atoms with E-state index in [1.807, 2.05) is 19.1 Å². The van der Waals surface area contributed by atoms with E-state index < -0.39 is 0 Å². The van der Waals surface area contributed by atoms with Gasteiger partial charge in [-0.25, -0.2) is 4.98 Å². The van der Waals surface area contributed by atoms with E-state index in [4.69, 9.17) is 10.2 Å². The Hall–Kier alpha value is -2.24. The molecule has 2 aromatic rings. The molecule has 0 fully saturated rings. The van der Waals surface area contributed by atoms with E-state index in [2.05, 4.69) is 20.2 Å². The highest BCUT2D eigenvalue weighted by molar-refractivity contribution is 5.65. The van der Waals surface area contributed by atoms with Crippen molar-refractivity contribution in [1.29, 1.82) is 0 Å². The topological polar surface area (TPSA) is 89.7 Å². The molecule has 2 aromatic heterocycles. The highest BCUT2D eigenvalue weighted by Gasteiger charge is 2.20. The highest BCUT2D eigenvalue weighted by Crippen LogP contribution is 2.33. The first-order chi connectivity index (χ1) is 7.74. The first-order valence-electron chi connectivity index (χ1n) is 4.85. The SMILES string of the molecule is Cc1ccc(-c2nc(N)nc3c2CN=N3)o1. The van der Waals surface area contributed by atoms with Crippen LogP contribution in [0, 0.1) is 6.92 Å². The summed E-state index contributed by atoms with van der Waals surface area (Å²) in [6.45, 7) is 2.35. The molecule has 6 heteroatoms. The number of nitrogens with zero attached hydrogens (tertiary/aromatic N) is 4. The molecule has 0 radical (unpaired) electrons. The van der Waals surface area contributed by atoms with Crippen LogP contribution in [0.5, 0.6) is 0 Å². The molecule has 0 saturated carbocycles. The van der Waals surface area contributed by atoms with Crippen LogP contribution in [0.3, 0.4) is 0 Å². The fourth-order valence-electron chi connectivity index (χ4n) is 1.66. The van der Waals surface area contributed by atoms with E-state index in [1.165, 1.54) is 0 Å². The Morgan fingerprint density at radius 3 is 2.94 bits per heavy atom. The smallest absolute Gasteiger partial charge is 0.222 e. The molecule has 1 aliphatic heterocycles. The van der Waals surface area contributed by atoms with Crippen LogP contribution in [0.4, 0.5) is 11.8 Å². The number of aryl methyl sites for hydroxylation is 1. The van der Waals surface area contributed by atoms with Crippen LogP contribution in [0.1, 0.15) is 11.3 Å². The number of azo groups is 1. The van der Waals surface area contributed by atoms with Gasteiger partial charge >= 0.3 is 0 Å². The summed E-state index contributed by atoms with van der Waals surface area (Å²) in [5.74, 6) is 2.23. The summed E-state index contributed by atoms with van der Waals surface area (Å²) in [6, 6.07) is 3.74. The number of fused-ring (bicyclic) bond motifs is 1. The maximum absolute atomic E-state index is 5.61. The first kappa shape index (κ1) is 9.02. The van der Waals surface area contributed by atoms with Crippen LogP contribution in [0.15, 0.2) is 26.8 Å². The van der Waals surface area contributed by atoms with Gasteiger partial charge in [-0.05, 0) is 19.1 Å². The average Bonchev–Trinajstić information content (AvgIpc) is 2.84. The van der Waals surface area contributed by atoms with Crippen molar-refractivity contribution in [2.75, 3.05) is 5.73 Å². The first-order valence-corrected chi connectivity index (χ1v) is 4.85. The number of hydrogen-bond acceptors (Lipinski definition) is 6. The molecule has 0 unspecified atom stereocenters. The lowest BCUT2D eigenvalue weighted by Crippen LogP contribution is -1.99. The van der Waals surface area contributed by atoms with Crippen molar-refractivity contribution < 1.29 is 4.42 Å². The van der Waals surface area contributed by atoms with Gasteiger partial charge in [0.2, 0.25) is 5.95 Å². The average molecular weight is 215 g/mol. The number of nitrogens with two attached hydrogens (primary N) is 1. The van der Waals surface area contributed by atoms with E-state index in [0.717, 1.165) is 11.3 Å². The van der Waals surface area contributed by atoms with E-state index in [1.54, 1.807) is 0 Å². The summed E-state index contributed by atoms with van der Waals surface area (Å²) < 4.78 is 5.52. The van der Waals surface area contributed by atoms with Gasteiger partial charge in [-0.1, -0.05) is 0 Å².